The first-order chi connectivity index (χ1) is 13.1. The van der Waals surface area contributed by atoms with Crippen molar-refractivity contribution < 1.29 is 14.3 Å². The van der Waals surface area contributed by atoms with E-state index in [1.54, 1.807) is 7.11 Å². The van der Waals surface area contributed by atoms with Gasteiger partial charge in [-0.1, -0.05) is 25.1 Å². The minimum absolute atomic E-state index is 0.00677. The summed E-state index contributed by atoms with van der Waals surface area (Å²) in [6.45, 7) is 4.95. The number of carbonyl (C=O) groups is 1. The van der Waals surface area contributed by atoms with E-state index in [9.17, 15) is 4.79 Å². The molecule has 5 nitrogen and oxygen atoms in total. The molecule has 1 saturated heterocycles. The van der Waals surface area contributed by atoms with Crippen molar-refractivity contribution in [2.24, 2.45) is 0 Å². The van der Waals surface area contributed by atoms with Crippen molar-refractivity contribution in [2.75, 3.05) is 33.8 Å². The second-order valence-electron chi connectivity index (χ2n) is 7.34. The molecule has 2 heterocycles. The molecule has 2 unspecified atom stereocenters. The molecule has 1 amide bonds. The van der Waals surface area contributed by atoms with E-state index in [2.05, 4.69) is 11.8 Å². The highest BCUT2D eigenvalue weighted by Gasteiger charge is 2.41. The standard InChI is InChI=1S/C22H26N2O3/c1-4-10-24-13-19-21(14-24)27-20-12-16(8-9-18(20)22(25)23(19)2)15-6-5-7-17(11-15)26-3/h5-9,11-12,19,21H,4,10,13-14H2,1-3H3. The number of methoxy groups -OCH3 is 1. The highest BCUT2D eigenvalue weighted by atomic mass is 16.5. The Balaban J connectivity index is 1.69. The molecule has 2 aliphatic rings. The summed E-state index contributed by atoms with van der Waals surface area (Å²) in [4.78, 5) is 17.2. The summed E-state index contributed by atoms with van der Waals surface area (Å²) in [7, 11) is 3.56. The summed E-state index contributed by atoms with van der Waals surface area (Å²) < 4.78 is 11.7. The van der Waals surface area contributed by atoms with Crippen LogP contribution in [0.15, 0.2) is 42.5 Å². The van der Waals surface area contributed by atoms with E-state index in [4.69, 9.17) is 9.47 Å². The molecule has 0 radical (unpaired) electrons. The van der Waals surface area contributed by atoms with Gasteiger partial charge in [0.05, 0.1) is 18.7 Å². The maximum Gasteiger partial charge on any atom is 0.257 e. The third kappa shape index (κ3) is 3.28. The van der Waals surface area contributed by atoms with Gasteiger partial charge in [0.2, 0.25) is 0 Å². The molecule has 5 heteroatoms. The van der Waals surface area contributed by atoms with E-state index in [0.29, 0.717) is 11.3 Å². The Morgan fingerprint density at radius 1 is 1.15 bits per heavy atom. The Morgan fingerprint density at radius 2 is 1.96 bits per heavy atom. The number of benzene rings is 2. The van der Waals surface area contributed by atoms with E-state index in [0.717, 1.165) is 42.9 Å². The van der Waals surface area contributed by atoms with Gasteiger partial charge in [-0.2, -0.15) is 0 Å². The molecular formula is C22H26N2O3. The number of hydrogen-bond acceptors (Lipinski definition) is 4. The van der Waals surface area contributed by atoms with E-state index >= 15 is 0 Å². The number of likely N-dealkylation sites (tertiary alicyclic amines) is 1. The first-order valence-corrected chi connectivity index (χ1v) is 9.55. The number of likely N-dealkylation sites (N-methyl/N-ethyl adjacent to an activating group) is 1. The van der Waals surface area contributed by atoms with Crippen molar-refractivity contribution in [2.45, 2.75) is 25.5 Å². The van der Waals surface area contributed by atoms with Crippen LogP contribution in [0, 0.1) is 0 Å². The monoisotopic (exact) mass is 366 g/mol. The van der Waals surface area contributed by atoms with Crippen molar-refractivity contribution >= 4 is 5.91 Å². The number of carbonyl (C=O) groups excluding carboxylic acids is 1. The molecule has 142 valence electrons. The van der Waals surface area contributed by atoms with Crippen LogP contribution >= 0.6 is 0 Å². The Hall–Kier alpha value is -2.53. The zero-order valence-electron chi connectivity index (χ0n) is 16.1. The Bertz CT molecular complexity index is 851. The second-order valence-corrected chi connectivity index (χ2v) is 7.34. The molecule has 2 aromatic rings. The fraction of sp³-hybridized carbons (Fsp3) is 0.409. The lowest BCUT2D eigenvalue weighted by atomic mass is 10.0. The van der Waals surface area contributed by atoms with Crippen LogP contribution in [-0.2, 0) is 0 Å². The van der Waals surface area contributed by atoms with Gasteiger partial charge in [0, 0.05) is 20.1 Å². The smallest absolute Gasteiger partial charge is 0.257 e. The van der Waals surface area contributed by atoms with Crippen LogP contribution in [0.2, 0.25) is 0 Å². The van der Waals surface area contributed by atoms with E-state index < -0.39 is 0 Å². The van der Waals surface area contributed by atoms with Crippen LogP contribution in [0.4, 0.5) is 0 Å². The molecule has 0 bridgehead atoms. The highest BCUT2D eigenvalue weighted by Crippen LogP contribution is 2.34. The van der Waals surface area contributed by atoms with Gasteiger partial charge in [0.15, 0.2) is 0 Å². The summed E-state index contributed by atoms with van der Waals surface area (Å²) in [6, 6.07) is 13.9. The molecule has 1 fully saturated rings. The molecule has 0 saturated carbocycles. The Kier molecular flexibility index (Phi) is 4.79. The third-order valence-electron chi connectivity index (χ3n) is 5.56. The van der Waals surface area contributed by atoms with Gasteiger partial charge in [0.25, 0.3) is 5.91 Å². The van der Waals surface area contributed by atoms with Gasteiger partial charge in [0.1, 0.15) is 17.6 Å². The molecule has 0 spiro atoms. The van der Waals surface area contributed by atoms with Crippen LogP contribution in [0.5, 0.6) is 11.5 Å². The average molecular weight is 366 g/mol. The maximum atomic E-state index is 13.0. The van der Waals surface area contributed by atoms with Crippen molar-refractivity contribution in [1.29, 1.82) is 0 Å². The van der Waals surface area contributed by atoms with Gasteiger partial charge >= 0.3 is 0 Å². The lowest BCUT2D eigenvalue weighted by molar-refractivity contribution is 0.0682. The molecule has 0 N–H and O–H groups in total. The van der Waals surface area contributed by atoms with Crippen molar-refractivity contribution in [3.05, 3.63) is 48.0 Å². The van der Waals surface area contributed by atoms with Crippen LogP contribution in [0.1, 0.15) is 23.7 Å². The number of nitrogens with zero attached hydrogens (tertiary/aromatic N) is 2. The summed E-state index contributed by atoms with van der Waals surface area (Å²) in [5, 5.41) is 0. The zero-order valence-corrected chi connectivity index (χ0v) is 16.1. The fourth-order valence-corrected chi connectivity index (χ4v) is 4.10. The maximum absolute atomic E-state index is 13.0. The predicted octanol–water partition coefficient (Wildman–Crippen LogP) is 3.29. The van der Waals surface area contributed by atoms with Crippen LogP contribution in [0.25, 0.3) is 11.1 Å². The summed E-state index contributed by atoms with van der Waals surface area (Å²) >= 11 is 0. The van der Waals surface area contributed by atoms with Gasteiger partial charge in [-0.25, -0.2) is 0 Å². The zero-order chi connectivity index (χ0) is 19.0. The normalized spacial score (nSPS) is 22.0. The summed E-state index contributed by atoms with van der Waals surface area (Å²) in [5.41, 5.74) is 2.70. The lowest BCUT2D eigenvalue weighted by Crippen LogP contribution is -2.44. The Morgan fingerprint density at radius 3 is 2.74 bits per heavy atom. The largest absolute Gasteiger partial charge is 0.497 e. The molecule has 0 aromatic heterocycles. The molecular weight excluding hydrogens is 340 g/mol. The Labute approximate surface area is 160 Å². The quantitative estimate of drug-likeness (QED) is 0.833. The van der Waals surface area contributed by atoms with E-state index in [1.807, 2.05) is 54.4 Å². The SMILES string of the molecule is CCCN1CC2Oc3cc(-c4cccc(OC)c4)ccc3C(=O)N(C)C2C1. The predicted molar refractivity (Wildman–Crippen MR) is 105 cm³/mol. The molecule has 2 aliphatic heterocycles. The summed E-state index contributed by atoms with van der Waals surface area (Å²) in [6.07, 6.45) is 1.11. The van der Waals surface area contributed by atoms with Gasteiger partial charge < -0.3 is 14.4 Å². The number of amides is 1. The minimum atomic E-state index is 0.00677. The molecule has 0 aliphatic carbocycles. The van der Waals surface area contributed by atoms with Crippen molar-refractivity contribution in [1.82, 2.24) is 9.80 Å². The third-order valence-corrected chi connectivity index (χ3v) is 5.56. The molecule has 4 rings (SSSR count). The minimum Gasteiger partial charge on any atom is -0.497 e. The number of hydrogen-bond donors (Lipinski definition) is 0. The fourth-order valence-electron chi connectivity index (χ4n) is 4.10. The summed E-state index contributed by atoms with van der Waals surface area (Å²) in [5.74, 6) is 1.52. The van der Waals surface area contributed by atoms with Crippen LogP contribution < -0.4 is 9.47 Å². The molecule has 2 atom stereocenters. The van der Waals surface area contributed by atoms with Crippen LogP contribution in [0.3, 0.4) is 0 Å². The number of ether oxygens (including phenoxy) is 2. The molecule has 27 heavy (non-hydrogen) atoms. The van der Waals surface area contributed by atoms with E-state index in [1.165, 1.54) is 0 Å². The number of fused-ring (bicyclic) bond motifs is 2. The second kappa shape index (κ2) is 7.24. The first kappa shape index (κ1) is 17.9. The van der Waals surface area contributed by atoms with Gasteiger partial charge in [-0.05, 0) is 48.4 Å². The van der Waals surface area contributed by atoms with Crippen molar-refractivity contribution in [3.63, 3.8) is 0 Å². The lowest BCUT2D eigenvalue weighted by Gasteiger charge is -2.25. The average Bonchev–Trinajstić information content (AvgIpc) is 3.05. The van der Waals surface area contributed by atoms with Crippen molar-refractivity contribution in [3.8, 4) is 22.6 Å². The number of rotatable bonds is 4. The topological polar surface area (TPSA) is 42.0 Å². The van der Waals surface area contributed by atoms with Gasteiger partial charge in [-0.3, -0.25) is 9.69 Å². The molecule has 2 aromatic carbocycles. The van der Waals surface area contributed by atoms with Crippen LogP contribution in [-0.4, -0.2) is 61.6 Å². The first-order valence-electron chi connectivity index (χ1n) is 9.55. The van der Waals surface area contributed by atoms with E-state index in [-0.39, 0.29) is 18.1 Å². The highest BCUT2D eigenvalue weighted by molar-refractivity contribution is 5.98. The van der Waals surface area contributed by atoms with Gasteiger partial charge in [-0.15, -0.1) is 0 Å².